The number of nitrogens with one attached hydrogen (secondary N) is 1. The molecule has 0 aliphatic carbocycles. The number of benzene rings is 2. The van der Waals surface area contributed by atoms with Crippen LogP contribution in [0.4, 0.5) is 5.69 Å². The molecule has 1 aromatic heterocycles. The van der Waals surface area contributed by atoms with E-state index in [9.17, 15) is 19.5 Å². The summed E-state index contributed by atoms with van der Waals surface area (Å²) in [5.74, 6) is -2.24. The summed E-state index contributed by atoms with van der Waals surface area (Å²) in [7, 11) is 0. The van der Waals surface area contributed by atoms with Crippen LogP contribution in [-0.4, -0.2) is 32.7 Å². The third kappa shape index (κ3) is 4.93. The topological polar surface area (TPSA) is 115 Å². The SMILES string of the molecule is Cc1cc(C)nc(SC2=C(Nc3ccc(C(=O)[O-])cc3)C(=O)N(Cc3ccccc3)C2=O)n1. The average Bonchev–Trinajstić information content (AvgIpc) is 2.98. The maximum atomic E-state index is 13.3. The van der Waals surface area contributed by atoms with Crippen molar-refractivity contribution < 1.29 is 19.5 Å². The van der Waals surface area contributed by atoms with Crippen molar-refractivity contribution in [3.63, 3.8) is 0 Å². The van der Waals surface area contributed by atoms with Crippen molar-refractivity contribution in [2.75, 3.05) is 5.32 Å². The van der Waals surface area contributed by atoms with Gasteiger partial charge in [-0.05, 0) is 54.9 Å². The zero-order chi connectivity index (χ0) is 23.5. The van der Waals surface area contributed by atoms with E-state index in [0.29, 0.717) is 10.8 Å². The molecule has 8 nitrogen and oxygen atoms in total. The highest BCUT2D eigenvalue weighted by Crippen LogP contribution is 2.35. The molecule has 0 unspecified atom stereocenters. The summed E-state index contributed by atoms with van der Waals surface area (Å²) in [6, 6.07) is 16.8. The second kappa shape index (κ2) is 9.25. The van der Waals surface area contributed by atoms with Gasteiger partial charge in [0.2, 0.25) is 0 Å². The first-order valence-corrected chi connectivity index (χ1v) is 10.9. The molecule has 1 aliphatic heterocycles. The van der Waals surface area contributed by atoms with Crippen LogP contribution in [0.1, 0.15) is 27.3 Å². The fraction of sp³-hybridized carbons (Fsp3) is 0.125. The number of anilines is 1. The van der Waals surface area contributed by atoms with Crippen LogP contribution in [0.5, 0.6) is 0 Å². The highest BCUT2D eigenvalue weighted by molar-refractivity contribution is 8.04. The number of imide groups is 1. The van der Waals surface area contributed by atoms with Crippen molar-refractivity contribution in [3.05, 3.63) is 93.8 Å². The molecule has 0 spiro atoms. The van der Waals surface area contributed by atoms with Crippen LogP contribution in [0.25, 0.3) is 0 Å². The smallest absolute Gasteiger partial charge is 0.278 e. The Balaban J connectivity index is 1.69. The number of nitrogens with zero attached hydrogens (tertiary/aromatic N) is 3. The van der Waals surface area contributed by atoms with E-state index in [1.165, 1.54) is 24.3 Å². The first kappa shape index (κ1) is 22.2. The van der Waals surface area contributed by atoms with Gasteiger partial charge >= 0.3 is 0 Å². The van der Waals surface area contributed by atoms with Crippen LogP contribution in [0.2, 0.25) is 0 Å². The van der Waals surface area contributed by atoms with E-state index in [1.807, 2.05) is 50.2 Å². The van der Waals surface area contributed by atoms with Gasteiger partial charge in [0.1, 0.15) is 10.6 Å². The van der Waals surface area contributed by atoms with Gasteiger partial charge in [0, 0.05) is 17.1 Å². The molecule has 0 radical (unpaired) electrons. The second-order valence-corrected chi connectivity index (χ2v) is 8.39. The molecule has 1 aliphatic rings. The molecular weight excluding hydrogens is 440 g/mol. The molecule has 3 aromatic rings. The minimum atomic E-state index is -1.30. The molecule has 1 N–H and O–H groups in total. The van der Waals surface area contributed by atoms with Crippen LogP contribution in [0, 0.1) is 13.8 Å². The Bertz CT molecular complexity index is 1250. The normalized spacial score (nSPS) is 13.6. The van der Waals surface area contributed by atoms with Gasteiger partial charge in [0.25, 0.3) is 11.8 Å². The Morgan fingerprint density at radius 2 is 1.61 bits per heavy atom. The quantitative estimate of drug-likeness (QED) is 0.423. The lowest BCUT2D eigenvalue weighted by Gasteiger charge is -2.15. The summed E-state index contributed by atoms with van der Waals surface area (Å²) in [6.07, 6.45) is 0. The number of carbonyl (C=O) groups excluding carboxylic acids is 3. The largest absolute Gasteiger partial charge is 0.545 e. The Hall–Kier alpha value is -3.98. The number of hydrogen-bond acceptors (Lipinski definition) is 8. The van der Waals surface area contributed by atoms with E-state index in [1.54, 1.807) is 0 Å². The van der Waals surface area contributed by atoms with E-state index >= 15 is 0 Å². The molecule has 0 atom stereocenters. The Kier molecular flexibility index (Phi) is 6.23. The molecule has 2 amide bonds. The van der Waals surface area contributed by atoms with Gasteiger partial charge < -0.3 is 15.2 Å². The summed E-state index contributed by atoms with van der Waals surface area (Å²) in [5, 5.41) is 14.4. The van der Waals surface area contributed by atoms with Crippen molar-refractivity contribution in [1.82, 2.24) is 14.9 Å². The van der Waals surface area contributed by atoms with E-state index in [4.69, 9.17) is 0 Å². The lowest BCUT2D eigenvalue weighted by atomic mass is 10.2. The number of carboxylic acids is 1. The number of aryl methyl sites for hydroxylation is 2. The first-order chi connectivity index (χ1) is 15.8. The third-order valence-electron chi connectivity index (χ3n) is 4.85. The maximum absolute atomic E-state index is 13.3. The first-order valence-electron chi connectivity index (χ1n) is 10.0. The lowest BCUT2D eigenvalue weighted by molar-refractivity contribution is -0.255. The third-order valence-corrected chi connectivity index (χ3v) is 5.80. The maximum Gasteiger partial charge on any atom is 0.278 e. The molecular formula is C24H19N4O4S-. The Morgan fingerprint density at radius 1 is 0.970 bits per heavy atom. The fourth-order valence-electron chi connectivity index (χ4n) is 3.33. The van der Waals surface area contributed by atoms with Crippen molar-refractivity contribution in [2.45, 2.75) is 25.5 Å². The summed E-state index contributed by atoms with van der Waals surface area (Å²) in [4.78, 5) is 47.6. The molecule has 4 rings (SSSR count). The van der Waals surface area contributed by atoms with Gasteiger partial charge in [-0.2, -0.15) is 0 Å². The number of thioether (sulfide) groups is 1. The molecule has 166 valence electrons. The number of carbonyl (C=O) groups is 3. The minimum absolute atomic E-state index is 0.00675. The van der Waals surface area contributed by atoms with Crippen LogP contribution < -0.4 is 10.4 Å². The van der Waals surface area contributed by atoms with E-state index in [2.05, 4.69) is 15.3 Å². The molecule has 9 heteroatoms. The minimum Gasteiger partial charge on any atom is -0.545 e. The van der Waals surface area contributed by atoms with E-state index < -0.39 is 17.8 Å². The van der Waals surface area contributed by atoms with Gasteiger partial charge in [-0.15, -0.1) is 0 Å². The summed E-state index contributed by atoms with van der Waals surface area (Å²) in [6.45, 7) is 3.77. The van der Waals surface area contributed by atoms with Gasteiger partial charge in [0.05, 0.1) is 12.5 Å². The van der Waals surface area contributed by atoms with Crippen LogP contribution in [0.3, 0.4) is 0 Å². The molecule has 0 bridgehead atoms. The average molecular weight is 460 g/mol. The van der Waals surface area contributed by atoms with Crippen molar-refractivity contribution in [3.8, 4) is 0 Å². The van der Waals surface area contributed by atoms with Gasteiger partial charge in [-0.25, -0.2) is 9.97 Å². The van der Waals surface area contributed by atoms with Gasteiger partial charge in [-0.3, -0.25) is 14.5 Å². The molecule has 0 fully saturated rings. The van der Waals surface area contributed by atoms with Crippen LogP contribution in [-0.2, 0) is 16.1 Å². The Labute approximate surface area is 194 Å². The van der Waals surface area contributed by atoms with Gasteiger partial charge in [-0.1, -0.05) is 42.5 Å². The number of aromatic nitrogens is 2. The summed E-state index contributed by atoms with van der Waals surface area (Å²) < 4.78 is 0. The molecule has 33 heavy (non-hydrogen) atoms. The molecule has 0 saturated carbocycles. The molecule has 2 heterocycles. The standard InChI is InChI=1S/C24H20N4O4S/c1-14-12-15(2)26-24(25-14)33-20-19(27-18-10-8-17(9-11-18)23(31)32)21(29)28(22(20)30)13-16-6-4-3-5-7-16/h3-12,27H,13H2,1-2H3,(H,31,32)/p-1. The summed E-state index contributed by atoms with van der Waals surface area (Å²) in [5.41, 5.74) is 2.85. The van der Waals surface area contributed by atoms with Gasteiger partial charge in [0.15, 0.2) is 5.16 Å². The highest BCUT2D eigenvalue weighted by atomic mass is 32.2. The Morgan fingerprint density at radius 3 is 2.21 bits per heavy atom. The van der Waals surface area contributed by atoms with Crippen molar-refractivity contribution >= 4 is 35.2 Å². The lowest BCUT2D eigenvalue weighted by Crippen LogP contribution is -2.31. The predicted molar refractivity (Wildman–Crippen MR) is 121 cm³/mol. The number of carboxylic acid groups (broad SMARTS) is 1. The van der Waals surface area contributed by atoms with E-state index in [0.717, 1.165) is 33.6 Å². The molecule has 0 saturated heterocycles. The summed E-state index contributed by atoms with van der Waals surface area (Å²) >= 11 is 1.02. The fourth-order valence-corrected chi connectivity index (χ4v) is 4.33. The zero-order valence-corrected chi connectivity index (χ0v) is 18.7. The highest BCUT2D eigenvalue weighted by Gasteiger charge is 2.39. The van der Waals surface area contributed by atoms with Crippen molar-refractivity contribution in [2.24, 2.45) is 0 Å². The monoisotopic (exact) mass is 459 g/mol. The predicted octanol–water partition coefficient (Wildman–Crippen LogP) is 2.44. The number of amides is 2. The molecule has 2 aromatic carbocycles. The van der Waals surface area contributed by atoms with Crippen LogP contribution >= 0.6 is 11.8 Å². The zero-order valence-electron chi connectivity index (χ0n) is 17.9. The van der Waals surface area contributed by atoms with Crippen LogP contribution in [0.15, 0.2) is 76.4 Å². The van der Waals surface area contributed by atoms with E-state index in [-0.39, 0.29) is 22.7 Å². The number of rotatable bonds is 7. The second-order valence-electron chi connectivity index (χ2n) is 7.41. The number of aromatic carboxylic acids is 1. The van der Waals surface area contributed by atoms with Crippen molar-refractivity contribution in [1.29, 1.82) is 0 Å². The number of hydrogen-bond donors (Lipinski definition) is 1.